The van der Waals surface area contributed by atoms with Crippen molar-refractivity contribution < 1.29 is 0 Å². The van der Waals surface area contributed by atoms with Crippen molar-refractivity contribution in [1.29, 1.82) is 0 Å². The first-order valence-corrected chi connectivity index (χ1v) is 7.61. The summed E-state index contributed by atoms with van der Waals surface area (Å²) >= 11 is 0. The standard InChI is InChI=1S/C17H24/c1-11(2)17-6-5-14(16(17)10-17)9-15-8-12-3-4-13(15)7-12/h8-9,11-13,16H,3-7,10H2,1-2H3. The largest absolute Gasteiger partial charge is 0.0779 e. The van der Waals surface area contributed by atoms with Gasteiger partial charge < -0.3 is 0 Å². The Morgan fingerprint density at radius 1 is 1.35 bits per heavy atom. The Bertz CT molecular complexity index is 412. The van der Waals surface area contributed by atoms with Crippen LogP contribution in [0.5, 0.6) is 0 Å². The molecule has 0 aliphatic heterocycles. The van der Waals surface area contributed by atoms with Gasteiger partial charge in [0, 0.05) is 0 Å². The second-order valence-electron chi connectivity index (χ2n) is 7.30. The van der Waals surface area contributed by atoms with Gasteiger partial charge >= 0.3 is 0 Å². The predicted octanol–water partition coefficient (Wildman–Crippen LogP) is 4.73. The Morgan fingerprint density at radius 2 is 2.24 bits per heavy atom. The Labute approximate surface area is 105 Å². The lowest BCUT2D eigenvalue weighted by molar-refractivity contribution is 0.344. The van der Waals surface area contributed by atoms with Crippen molar-refractivity contribution in [1.82, 2.24) is 0 Å². The quantitative estimate of drug-likeness (QED) is 0.641. The highest BCUT2D eigenvalue weighted by Crippen LogP contribution is 2.69. The first kappa shape index (κ1) is 10.4. The lowest BCUT2D eigenvalue weighted by Gasteiger charge is -2.15. The van der Waals surface area contributed by atoms with Gasteiger partial charge in [-0.15, -0.1) is 0 Å². The van der Waals surface area contributed by atoms with E-state index in [2.05, 4.69) is 26.0 Å². The molecule has 0 saturated heterocycles. The third kappa shape index (κ3) is 1.36. The molecule has 4 atom stereocenters. The molecule has 2 bridgehead atoms. The van der Waals surface area contributed by atoms with Gasteiger partial charge in [-0.3, -0.25) is 0 Å². The summed E-state index contributed by atoms with van der Waals surface area (Å²) in [7, 11) is 0. The summed E-state index contributed by atoms with van der Waals surface area (Å²) in [5.41, 5.74) is 4.28. The summed E-state index contributed by atoms with van der Waals surface area (Å²) < 4.78 is 0. The molecular weight excluding hydrogens is 204 g/mol. The Morgan fingerprint density at radius 3 is 2.76 bits per heavy atom. The van der Waals surface area contributed by atoms with E-state index in [1.54, 1.807) is 5.57 Å². The molecule has 92 valence electrons. The molecule has 3 saturated carbocycles. The van der Waals surface area contributed by atoms with E-state index in [-0.39, 0.29) is 0 Å². The van der Waals surface area contributed by atoms with E-state index in [9.17, 15) is 0 Å². The summed E-state index contributed by atoms with van der Waals surface area (Å²) in [5.74, 6) is 3.76. The smallest absolute Gasteiger partial charge is 0.0135 e. The van der Waals surface area contributed by atoms with Crippen LogP contribution in [0.25, 0.3) is 0 Å². The first-order chi connectivity index (χ1) is 8.19. The van der Waals surface area contributed by atoms with E-state index in [1.807, 2.05) is 5.57 Å². The minimum Gasteiger partial charge on any atom is -0.0779 e. The van der Waals surface area contributed by atoms with Crippen LogP contribution in [0.3, 0.4) is 0 Å². The van der Waals surface area contributed by atoms with E-state index in [0.29, 0.717) is 0 Å². The molecule has 0 aromatic carbocycles. The van der Waals surface area contributed by atoms with Crippen molar-refractivity contribution in [3.05, 3.63) is 23.3 Å². The Balaban J connectivity index is 1.57. The summed E-state index contributed by atoms with van der Waals surface area (Å²) in [6.45, 7) is 4.86. The number of fused-ring (bicyclic) bond motifs is 3. The maximum Gasteiger partial charge on any atom is -0.0135 e. The Kier molecular flexibility index (Phi) is 2.00. The molecule has 0 N–H and O–H groups in total. The fraction of sp³-hybridized carbons (Fsp3) is 0.765. The van der Waals surface area contributed by atoms with Crippen LogP contribution in [0.2, 0.25) is 0 Å². The van der Waals surface area contributed by atoms with Crippen molar-refractivity contribution in [3.8, 4) is 0 Å². The van der Waals surface area contributed by atoms with Gasteiger partial charge in [0.15, 0.2) is 0 Å². The van der Waals surface area contributed by atoms with E-state index >= 15 is 0 Å². The molecular formula is C17H24. The highest BCUT2D eigenvalue weighted by Gasteiger charge is 2.60. The number of allylic oxidation sites excluding steroid dienone is 4. The molecule has 0 heteroatoms. The van der Waals surface area contributed by atoms with Crippen LogP contribution >= 0.6 is 0 Å². The number of hydrogen-bond acceptors (Lipinski definition) is 0. The van der Waals surface area contributed by atoms with Gasteiger partial charge in [-0.2, -0.15) is 0 Å². The zero-order valence-electron chi connectivity index (χ0n) is 11.2. The van der Waals surface area contributed by atoms with Crippen molar-refractivity contribution in [3.63, 3.8) is 0 Å². The summed E-state index contributed by atoms with van der Waals surface area (Å²) in [6.07, 6.45) is 14.0. The predicted molar refractivity (Wildman–Crippen MR) is 71.6 cm³/mol. The van der Waals surface area contributed by atoms with Crippen molar-refractivity contribution in [2.75, 3.05) is 0 Å². The molecule has 17 heavy (non-hydrogen) atoms. The lowest BCUT2D eigenvalue weighted by atomic mass is 9.90. The van der Waals surface area contributed by atoms with E-state index < -0.39 is 0 Å². The van der Waals surface area contributed by atoms with Crippen molar-refractivity contribution in [2.24, 2.45) is 29.1 Å². The van der Waals surface area contributed by atoms with Crippen LogP contribution < -0.4 is 0 Å². The van der Waals surface area contributed by atoms with Crippen molar-refractivity contribution >= 4 is 0 Å². The molecule has 0 nitrogen and oxygen atoms in total. The zero-order chi connectivity index (χ0) is 11.6. The van der Waals surface area contributed by atoms with E-state index in [4.69, 9.17) is 0 Å². The van der Waals surface area contributed by atoms with E-state index in [0.717, 1.165) is 29.1 Å². The molecule has 4 aliphatic carbocycles. The fourth-order valence-corrected chi connectivity index (χ4v) is 5.01. The summed E-state index contributed by atoms with van der Waals surface area (Å²) in [6, 6.07) is 0. The molecule has 4 aliphatic rings. The number of hydrogen-bond donors (Lipinski definition) is 0. The maximum absolute atomic E-state index is 2.63. The van der Waals surface area contributed by atoms with Crippen LogP contribution in [-0.2, 0) is 0 Å². The normalized spacial score (nSPS) is 49.0. The van der Waals surface area contributed by atoms with Gasteiger partial charge in [0.1, 0.15) is 0 Å². The van der Waals surface area contributed by atoms with Gasteiger partial charge in [0.05, 0.1) is 0 Å². The van der Waals surface area contributed by atoms with Crippen LogP contribution in [0.1, 0.15) is 52.4 Å². The van der Waals surface area contributed by atoms with Crippen LogP contribution in [0, 0.1) is 29.1 Å². The van der Waals surface area contributed by atoms with Gasteiger partial charge in [-0.05, 0) is 73.2 Å². The third-order valence-corrected chi connectivity index (χ3v) is 6.32. The summed E-state index contributed by atoms with van der Waals surface area (Å²) in [5, 5.41) is 0. The van der Waals surface area contributed by atoms with Gasteiger partial charge in [-0.1, -0.05) is 31.6 Å². The second kappa shape index (κ2) is 3.28. The molecule has 4 unspecified atom stereocenters. The topological polar surface area (TPSA) is 0 Å². The fourth-order valence-electron chi connectivity index (χ4n) is 5.01. The van der Waals surface area contributed by atoms with Crippen LogP contribution in [-0.4, -0.2) is 0 Å². The zero-order valence-corrected chi connectivity index (χ0v) is 11.2. The second-order valence-corrected chi connectivity index (χ2v) is 7.30. The van der Waals surface area contributed by atoms with Gasteiger partial charge in [0.2, 0.25) is 0 Å². The van der Waals surface area contributed by atoms with Crippen molar-refractivity contribution in [2.45, 2.75) is 52.4 Å². The highest BCUT2D eigenvalue weighted by molar-refractivity contribution is 5.38. The monoisotopic (exact) mass is 228 g/mol. The van der Waals surface area contributed by atoms with E-state index in [1.165, 1.54) is 38.5 Å². The average molecular weight is 228 g/mol. The maximum atomic E-state index is 2.63. The minimum atomic E-state index is 0.740. The minimum absolute atomic E-state index is 0.740. The number of rotatable bonds is 2. The molecule has 0 heterocycles. The first-order valence-electron chi connectivity index (χ1n) is 7.61. The summed E-state index contributed by atoms with van der Waals surface area (Å²) in [4.78, 5) is 0. The molecule has 3 fully saturated rings. The highest BCUT2D eigenvalue weighted by atomic mass is 14.6. The van der Waals surface area contributed by atoms with Gasteiger partial charge in [0.25, 0.3) is 0 Å². The molecule has 0 radical (unpaired) electrons. The van der Waals surface area contributed by atoms with Crippen LogP contribution in [0.15, 0.2) is 23.3 Å². The average Bonchev–Trinajstić information content (AvgIpc) is 2.66. The molecule has 0 aromatic rings. The third-order valence-electron chi connectivity index (χ3n) is 6.32. The molecule has 0 aromatic heterocycles. The SMILES string of the molecule is CC(C)C12CCC(=CC3=CC4CCC3C4)C1C2. The lowest BCUT2D eigenvalue weighted by Crippen LogP contribution is -2.07. The molecule has 4 rings (SSSR count). The molecule has 0 spiro atoms. The molecule has 0 amide bonds. The van der Waals surface area contributed by atoms with Crippen LogP contribution in [0.4, 0.5) is 0 Å². The Hall–Kier alpha value is -0.520. The van der Waals surface area contributed by atoms with Gasteiger partial charge in [-0.25, -0.2) is 0 Å².